The van der Waals surface area contributed by atoms with Crippen molar-refractivity contribution in [2.75, 3.05) is 28.4 Å². The molecule has 0 aliphatic carbocycles. The Morgan fingerprint density at radius 2 is 0.824 bits per heavy atom. The van der Waals surface area contributed by atoms with Gasteiger partial charge in [0.15, 0.2) is 11.5 Å². The fraction of sp³-hybridized carbons (Fsp3) is 0.0769. The first-order chi connectivity index (χ1) is 32.8. The summed E-state index contributed by atoms with van der Waals surface area (Å²) >= 11 is 0. The number of aromatic carboxylic acids is 4. The highest BCUT2D eigenvalue weighted by atomic mass is 16.6. The number of benzene rings is 4. The Morgan fingerprint density at radius 1 is 0.456 bits per heavy atom. The molecule has 0 radical (unpaired) electrons. The van der Waals surface area contributed by atoms with Crippen molar-refractivity contribution in [3.63, 3.8) is 0 Å². The molecule has 0 saturated heterocycles. The van der Waals surface area contributed by atoms with Crippen molar-refractivity contribution in [3.8, 4) is 56.0 Å². The Bertz CT molecular complexity index is 3480. The number of fused-ring (bicyclic) bond motifs is 8. The van der Waals surface area contributed by atoms with Gasteiger partial charge in [0, 0.05) is 39.4 Å². The van der Waals surface area contributed by atoms with Crippen molar-refractivity contribution in [2.24, 2.45) is 0 Å². The second kappa shape index (κ2) is 17.5. The van der Waals surface area contributed by atoms with Crippen molar-refractivity contribution in [3.05, 3.63) is 154 Å². The molecule has 9 rings (SSSR count). The van der Waals surface area contributed by atoms with E-state index in [0.717, 1.165) is 0 Å². The van der Waals surface area contributed by atoms with Crippen molar-refractivity contribution in [2.45, 2.75) is 0 Å². The van der Waals surface area contributed by atoms with Crippen LogP contribution in [0.3, 0.4) is 0 Å². The number of carbonyl (C=O) groups is 4. The van der Waals surface area contributed by atoms with Gasteiger partial charge in [-0.05, 0) is 95.1 Å². The Kier molecular flexibility index (Phi) is 11.3. The minimum atomic E-state index is -1.14. The third kappa shape index (κ3) is 7.50. The van der Waals surface area contributed by atoms with E-state index in [9.17, 15) is 39.6 Å². The molecule has 0 fully saturated rings. The van der Waals surface area contributed by atoms with Crippen LogP contribution in [-0.2, 0) is 4.74 Å². The van der Waals surface area contributed by atoms with E-state index in [-0.39, 0.29) is 56.2 Å². The number of aromatic amines is 1. The standard InChI is InChI=1S/C52H38N4O12/c1-65-39-25-38-41(27-7-15-31(16-8-27)50(59)60)36-22-21-34(53-36)40(26-5-13-30(14-6-26)49(57)58)35-23-24-37(54-35)42(28-9-17-32(18-10-28)51(61)62)45-47(66-2)48(67-3)46(56(45)68-4)43(44(39)55-38)29-11-19-33(20-12-29)52(63)64/h5-25,53H,1-4H3,(H,57,58)(H,59,60)(H,61,62)(H,63,64). The van der Waals surface area contributed by atoms with Gasteiger partial charge in [-0.2, -0.15) is 4.73 Å². The van der Waals surface area contributed by atoms with Gasteiger partial charge in [-0.3, -0.25) is 0 Å². The molecule has 338 valence electrons. The quantitative estimate of drug-likeness (QED) is 0.0768. The summed E-state index contributed by atoms with van der Waals surface area (Å²) in [4.78, 5) is 68.7. The highest BCUT2D eigenvalue weighted by molar-refractivity contribution is 6.06. The van der Waals surface area contributed by atoms with Gasteiger partial charge < -0.3 is 44.5 Å². The smallest absolute Gasteiger partial charge is 0.335 e. The number of ether oxygens (including phenoxy) is 3. The summed E-state index contributed by atoms with van der Waals surface area (Å²) < 4.78 is 20.0. The van der Waals surface area contributed by atoms with Crippen molar-refractivity contribution < 1.29 is 58.7 Å². The SMILES string of the molecule is COC1=Cc2nc1c(-c1ccc(C(=O)O)cc1)c1c(OC)c(OC)c(c(-c3ccc(C(=O)O)cc3)c3nc(c(-c4ccc(C(=O)O)cc4)c4ccc([nH]4)c2-c2ccc(C(=O)O)cc2)C=C3)n1OC. The fourth-order valence-corrected chi connectivity index (χ4v) is 8.49. The molecule has 2 aliphatic heterocycles. The van der Waals surface area contributed by atoms with E-state index in [1.807, 2.05) is 12.1 Å². The summed E-state index contributed by atoms with van der Waals surface area (Å²) in [5.74, 6) is -3.86. The molecule has 0 amide bonds. The first kappa shape index (κ1) is 43.8. The second-order valence-corrected chi connectivity index (χ2v) is 15.3. The number of rotatable bonds is 12. The van der Waals surface area contributed by atoms with E-state index in [1.165, 1.54) is 81.7 Å². The first-order valence-electron chi connectivity index (χ1n) is 20.7. The Hall–Kier alpha value is -9.44. The third-order valence-electron chi connectivity index (χ3n) is 11.6. The molecular weight excluding hydrogens is 873 g/mol. The molecule has 8 bridgehead atoms. The maximum Gasteiger partial charge on any atom is 0.335 e. The van der Waals surface area contributed by atoms with Crippen LogP contribution in [0.5, 0.6) is 11.5 Å². The Labute approximate surface area is 385 Å². The normalized spacial score (nSPS) is 11.7. The van der Waals surface area contributed by atoms with E-state index < -0.39 is 23.9 Å². The summed E-state index contributed by atoms with van der Waals surface area (Å²) in [7, 11) is 5.82. The number of H-pyrrole nitrogens is 1. The molecule has 3 aromatic heterocycles. The molecule has 7 aromatic rings. The number of carboxylic acid groups (broad SMARTS) is 4. The van der Waals surface area contributed by atoms with Crippen LogP contribution < -0.4 is 14.3 Å². The summed E-state index contributed by atoms with van der Waals surface area (Å²) in [5, 5.41) is 39.4. The van der Waals surface area contributed by atoms with Gasteiger partial charge in [0.25, 0.3) is 0 Å². The number of hydrogen-bond acceptors (Lipinski definition) is 10. The van der Waals surface area contributed by atoms with Gasteiger partial charge in [-0.15, -0.1) is 0 Å². The predicted octanol–water partition coefficient (Wildman–Crippen LogP) is 9.64. The Balaban J connectivity index is 1.57. The lowest BCUT2D eigenvalue weighted by molar-refractivity contribution is 0.0686. The number of hydrogen-bond donors (Lipinski definition) is 5. The number of methoxy groups -OCH3 is 3. The van der Waals surface area contributed by atoms with Gasteiger partial charge in [0.05, 0.1) is 60.7 Å². The van der Waals surface area contributed by atoms with Crippen LogP contribution in [-0.4, -0.2) is 92.4 Å². The minimum absolute atomic E-state index is 0.0218. The van der Waals surface area contributed by atoms with Gasteiger partial charge in [-0.25, -0.2) is 29.1 Å². The van der Waals surface area contributed by atoms with Gasteiger partial charge in [-0.1, -0.05) is 48.5 Å². The summed E-state index contributed by atoms with van der Waals surface area (Å²) in [6, 6.07) is 28.7. The molecule has 5 N–H and O–H groups in total. The first-order valence-corrected chi connectivity index (χ1v) is 20.7. The summed E-state index contributed by atoms with van der Waals surface area (Å²) in [6.07, 6.45) is 5.32. The van der Waals surface area contributed by atoms with Crippen molar-refractivity contribution in [1.82, 2.24) is 19.7 Å². The lowest BCUT2D eigenvalue weighted by atomic mass is 10.0. The molecule has 16 heteroatoms. The average Bonchev–Trinajstić information content (AvgIpc) is 4.17. The molecular formula is C52H38N4O12. The third-order valence-corrected chi connectivity index (χ3v) is 11.6. The topological polar surface area (TPSA) is 233 Å². The molecule has 4 aromatic carbocycles. The molecule has 68 heavy (non-hydrogen) atoms. The lowest BCUT2D eigenvalue weighted by Gasteiger charge is -2.13. The van der Waals surface area contributed by atoms with E-state index in [4.69, 9.17) is 29.0 Å². The molecule has 0 unspecified atom stereocenters. The lowest BCUT2D eigenvalue weighted by Crippen LogP contribution is -2.08. The number of nitrogens with one attached hydrogen (secondary N) is 1. The molecule has 0 saturated carbocycles. The maximum absolute atomic E-state index is 12.1. The van der Waals surface area contributed by atoms with Crippen LogP contribution in [0.15, 0.2) is 109 Å². The number of carboxylic acids is 4. The van der Waals surface area contributed by atoms with E-state index in [2.05, 4.69) is 4.98 Å². The van der Waals surface area contributed by atoms with Crippen molar-refractivity contribution in [1.29, 1.82) is 0 Å². The van der Waals surface area contributed by atoms with Crippen molar-refractivity contribution >= 4 is 69.9 Å². The van der Waals surface area contributed by atoms with Crippen LogP contribution in [0.2, 0.25) is 0 Å². The maximum atomic E-state index is 12.1. The highest BCUT2D eigenvalue weighted by Gasteiger charge is 2.31. The summed E-state index contributed by atoms with van der Waals surface area (Å²) in [6.45, 7) is 0. The summed E-state index contributed by atoms with van der Waals surface area (Å²) in [5.41, 5.74) is 7.39. The molecule has 5 heterocycles. The monoisotopic (exact) mass is 910 g/mol. The fourth-order valence-electron chi connectivity index (χ4n) is 8.49. The Morgan fingerprint density at radius 3 is 1.21 bits per heavy atom. The van der Waals surface area contributed by atoms with Gasteiger partial charge >= 0.3 is 23.9 Å². The second-order valence-electron chi connectivity index (χ2n) is 15.3. The van der Waals surface area contributed by atoms with Crippen LogP contribution in [0.1, 0.15) is 64.2 Å². The van der Waals surface area contributed by atoms with E-state index >= 15 is 0 Å². The molecule has 0 atom stereocenters. The van der Waals surface area contributed by atoms with Crippen LogP contribution >= 0.6 is 0 Å². The van der Waals surface area contributed by atoms with Gasteiger partial charge in [0.2, 0.25) is 0 Å². The van der Waals surface area contributed by atoms with Gasteiger partial charge in [0.1, 0.15) is 29.6 Å². The van der Waals surface area contributed by atoms with Crippen LogP contribution in [0.4, 0.5) is 0 Å². The van der Waals surface area contributed by atoms with Crippen LogP contribution in [0.25, 0.3) is 90.6 Å². The largest absolute Gasteiger partial charge is 0.494 e. The van der Waals surface area contributed by atoms with Crippen LogP contribution in [0, 0.1) is 0 Å². The zero-order valence-electron chi connectivity index (χ0n) is 36.5. The zero-order chi connectivity index (χ0) is 48.0. The highest BCUT2D eigenvalue weighted by Crippen LogP contribution is 2.49. The molecule has 16 nitrogen and oxygen atoms in total. The zero-order valence-corrected chi connectivity index (χ0v) is 36.5. The number of aromatic nitrogens is 4. The molecule has 0 spiro atoms. The molecule has 2 aliphatic rings. The average molecular weight is 911 g/mol. The van der Waals surface area contributed by atoms with E-state index in [1.54, 1.807) is 66.8 Å². The number of nitrogens with zero attached hydrogens (tertiary/aromatic N) is 3. The minimum Gasteiger partial charge on any atom is -0.494 e. The predicted molar refractivity (Wildman–Crippen MR) is 254 cm³/mol. The van der Waals surface area contributed by atoms with E-state index in [0.29, 0.717) is 72.6 Å².